The van der Waals surface area contributed by atoms with Crippen LogP contribution in [0.3, 0.4) is 0 Å². The van der Waals surface area contributed by atoms with Gasteiger partial charge in [-0.25, -0.2) is 0 Å². The molecule has 2 aromatic heterocycles. The summed E-state index contributed by atoms with van der Waals surface area (Å²) in [5, 5.41) is 9.47. The first-order valence-electron chi connectivity index (χ1n) is 9.28. The fraction of sp³-hybridized carbons (Fsp3) is 0.350. The number of piperazine rings is 1. The number of likely N-dealkylation sites (N-methyl/N-ethyl adjacent to an activating group) is 1. The fourth-order valence-electron chi connectivity index (χ4n) is 3.24. The molecule has 0 saturated carbocycles. The Morgan fingerprint density at radius 1 is 1.11 bits per heavy atom. The van der Waals surface area contributed by atoms with Crippen molar-refractivity contribution < 1.29 is 9.21 Å². The first kappa shape index (κ1) is 18.8. The van der Waals surface area contributed by atoms with Crippen LogP contribution in [0.4, 0.5) is 0 Å². The molecule has 1 amide bonds. The van der Waals surface area contributed by atoms with Crippen LogP contribution in [-0.4, -0.2) is 69.5 Å². The highest BCUT2D eigenvalue weighted by Gasteiger charge is 2.22. The molecule has 0 spiro atoms. The largest absolute Gasteiger partial charge is 0.469 e. The molecular formula is C20H23N5O2S. The molecule has 7 nitrogen and oxygen atoms in total. The number of para-hydroxylation sites is 1. The second-order valence-electron chi connectivity index (χ2n) is 6.84. The highest BCUT2D eigenvalue weighted by Crippen LogP contribution is 2.30. The van der Waals surface area contributed by atoms with Crippen molar-refractivity contribution >= 4 is 17.7 Å². The normalized spacial score (nSPS) is 15.1. The van der Waals surface area contributed by atoms with Crippen LogP contribution in [0.1, 0.15) is 5.76 Å². The van der Waals surface area contributed by atoms with Gasteiger partial charge >= 0.3 is 0 Å². The number of nitrogens with zero attached hydrogens (tertiary/aromatic N) is 5. The van der Waals surface area contributed by atoms with Crippen molar-refractivity contribution in [2.45, 2.75) is 12.1 Å². The number of thioether (sulfide) groups is 1. The molecule has 28 heavy (non-hydrogen) atoms. The quantitative estimate of drug-likeness (QED) is 0.617. The Morgan fingerprint density at radius 3 is 2.54 bits per heavy atom. The fourth-order valence-corrected chi connectivity index (χ4v) is 4.09. The van der Waals surface area contributed by atoms with Crippen molar-refractivity contribution in [2.24, 2.45) is 0 Å². The van der Waals surface area contributed by atoms with Crippen LogP contribution >= 0.6 is 11.8 Å². The number of carbonyl (C=O) groups is 1. The van der Waals surface area contributed by atoms with Crippen LogP contribution in [0, 0.1) is 6.92 Å². The Bertz CT molecular complexity index is 945. The molecule has 4 rings (SSSR count). The van der Waals surface area contributed by atoms with E-state index in [2.05, 4.69) is 22.1 Å². The maximum atomic E-state index is 12.6. The Balaban J connectivity index is 1.58. The molecule has 1 aliphatic heterocycles. The topological polar surface area (TPSA) is 67.4 Å². The average molecular weight is 398 g/mol. The number of carbonyl (C=O) groups excluding carboxylic acids is 1. The van der Waals surface area contributed by atoms with E-state index in [9.17, 15) is 4.79 Å². The summed E-state index contributed by atoms with van der Waals surface area (Å²) in [6.07, 6.45) is 1.65. The van der Waals surface area contributed by atoms with Crippen LogP contribution in [0.2, 0.25) is 0 Å². The lowest BCUT2D eigenvalue weighted by atomic mass is 10.2. The minimum Gasteiger partial charge on any atom is -0.469 e. The molecule has 8 heteroatoms. The second kappa shape index (κ2) is 8.20. The summed E-state index contributed by atoms with van der Waals surface area (Å²) in [5.74, 6) is 1.99. The lowest BCUT2D eigenvalue weighted by Gasteiger charge is -2.32. The van der Waals surface area contributed by atoms with Gasteiger partial charge in [-0.3, -0.25) is 9.36 Å². The Hall–Kier alpha value is -2.58. The van der Waals surface area contributed by atoms with Gasteiger partial charge in [-0.2, -0.15) is 0 Å². The molecule has 1 saturated heterocycles. The lowest BCUT2D eigenvalue weighted by molar-refractivity contribution is -0.129. The average Bonchev–Trinajstić information content (AvgIpc) is 3.33. The number of benzene rings is 1. The lowest BCUT2D eigenvalue weighted by Crippen LogP contribution is -2.47. The Labute approximate surface area is 168 Å². The van der Waals surface area contributed by atoms with Gasteiger partial charge in [0.15, 0.2) is 11.0 Å². The van der Waals surface area contributed by atoms with Crippen molar-refractivity contribution in [1.29, 1.82) is 0 Å². The third-order valence-electron chi connectivity index (χ3n) is 4.93. The molecule has 0 aliphatic carbocycles. The monoisotopic (exact) mass is 397 g/mol. The molecule has 3 heterocycles. The van der Waals surface area contributed by atoms with Crippen LogP contribution < -0.4 is 0 Å². The van der Waals surface area contributed by atoms with E-state index in [0.717, 1.165) is 43.2 Å². The second-order valence-corrected chi connectivity index (χ2v) is 7.78. The van der Waals surface area contributed by atoms with E-state index >= 15 is 0 Å². The zero-order valence-corrected chi connectivity index (χ0v) is 16.9. The molecule has 0 atom stereocenters. The van der Waals surface area contributed by atoms with E-state index in [1.165, 1.54) is 11.8 Å². The SMILES string of the molecule is Cc1occc1-c1nnc(SCC(=O)N2CCN(C)CC2)n1-c1ccccc1. The summed E-state index contributed by atoms with van der Waals surface area (Å²) in [6, 6.07) is 11.8. The van der Waals surface area contributed by atoms with Crippen LogP contribution in [-0.2, 0) is 4.79 Å². The van der Waals surface area contributed by atoms with Crippen molar-refractivity contribution in [3.8, 4) is 17.1 Å². The minimum absolute atomic E-state index is 0.141. The molecule has 0 bridgehead atoms. The van der Waals surface area contributed by atoms with Crippen molar-refractivity contribution in [3.05, 3.63) is 48.4 Å². The zero-order valence-electron chi connectivity index (χ0n) is 16.0. The highest BCUT2D eigenvalue weighted by atomic mass is 32.2. The van der Waals surface area contributed by atoms with E-state index in [-0.39, 0.29) is 5.91 Å². The minimum atomic E-state index is 0.141. The summed E-state index contributed by atoms with van der Waals surface area (Å²) in [7, 11) is 2.08. The van der Waals surface area contributed by atoms with E-state index in [1.54, 1.807) is 6.26 Å². The summed E-state index contributed by atoms with van der Waals surface area (Å²) >= 11 is 1.42. The molecule has 0 N–H and O–H groups in total. The Morgan fingerprint density at radius 2 is 1.86 bits per heavy atom. The number of aromatic nitrogens is 3. The molecule has 146 valence electrons. The highest BCUT2D eigenvalue weighted by molar-refractivity contribution is 7.99. The van der Waals surface area contributed by atoms with Crippen LogP contribution in [0.15, 0.2) is 52.2 Å². The third-order valence-corrected chi connectivity index (χ3v) is 5.84. The predicted molar refractivity (Wildman–Crippen MR) is 109 cm³/mol. The number of amides is 1. The third kappa shape index (κ3) is 3.83. The van der Waals surface area contributed by atoms with Crippen molar-refractivity contribution in [3.63, 3.8) is 0 Å². The molecule has 0 unspecified atom stereocenters. The molecule has 1 aromatic carbocycles. The maximum Gasteiger partial charge on any atom is 0.233 e. The number of aryl methyl sites for hydroxylation is 1. The summed E-state index contributed by atoms with van der Waals surface area (Å²) in [4.78, 5) is 16.8. The first-order chi connectivity index (χ1) is 13.6. The van der Waals surface area contributed by atoms with Crippen LogP contribution in [0.25, 0.3) is 17.1 Å². The predicted octanol–water partition coefficient (Wildman–Crippen LogP) is 2.70. The standard InChI is InChI=1S/C20H23N5O2S/c1-15-17(8-13-27-15)19-21-22-20(25(19)16-6-4-3-5-7-16)28-14-18(26)24-11-9-23(2)10-12-24/h3-8,13H,9-12,14H2,1-2H3. The van der Waals surface area contributed by atoms with E-state index in [4.69, 9.17) is 4.42 Å². The molecule has 0 radical (unpaired) electrons. The van der Waals surface area contributed by atoms with Crippen molar-refractivity contribution in [2.75, 3.05) is 39.0 Å². The van der Waals surface area contributed by atoms with Gasteiger partial charge in [-0.15, -0.1) is 10.2 Å². The van der Waals surface area contributed by atoms with Gasteiger partial charge in [0.05, 0.1) is 17.6 Å². The van der Waals surface area contributed by atoms with Gasteiger partial charge in [0.25, 0.3) is 0 Å². The van der Waals surface area contributed by atoms with E-state index < -0.39 is 0 Å². The number of rotatable bonds is 5. The summed E-state index contributed by atoms with van der Waals surface area (Å²) in [6.45, 7) is 5.30. The number of hydrogen-bond acceptors (Lipinski definition) is 6. The molecule has 3 aromatic rings. The molecular weight excluding hydrogens is 374 g/mol. The van der Waals surface area contributed by atoms with Gasteiger partial charge in [-0.05, 0) is 32.2 Å². The van der Waals surface area contributed by atoms with E-state index in [0.29, 0.717) is 16.7 Å². The van der Waals surface area contributed by atoms with E-state index in [1.807, 2.05) is 52.8 Å². The Kier molecular flexibility index (Phi) is 5.50. The van der Waals surface area contributed by atoms with Gasteiger partial charge in [-0.1, -0.05) is 30.0 Å². The number of furan rings is 1. The van der Waals surface area contributed by atoms with Crippen LogP contribution in [0.5, 0.6) is 0 Å². The first-order valence-corrected chi connectivity index (χ1v) is 10.3. The molecule has 1 aliphatic rings. The van der Waals surface area contributed by atoms with Gasteiger partial charge in [0, 0.05) is 31.9 Å². The number of hydrogen-bond donors (Lipinski definition) is 0. The zero-order chi connectivity index (χ0) is 19.5. The van der Waals surface area contributed by atoms with Gasteiger partial charge in [0.2, 0.25) is 5.91 Å². The summed E-state index contributed by atoms with van der Waals surface area (Å²) < 4.78 is 7.44. The smallest absolute Gasteiger partial charge is 0.233 e. The van der Waals surface area contributed by atoms with Gasteiger partial charge < -0.3 is 14.2 Å². The molecule has 1 fully saturated rings. The van der Waals surface area contributed by atoms with Gasteiger partial charge in [0.1, 0.15) is 5.76 Å². The maximum absolute atomic E-state index is 12.6. The van der Waals surface area contributed by atoms with Crippen molar-refractivity contribution in [1.82, 2.24) is 24.6 Å². The summed E-state index contributed by atoms with van der Waals surface area (Å²) in [5.41, 5.74) is 1.85.